The maximum absolute atomic E-state index is 12.6. The van der Waals surface area contributed by atoms with E-state index in [2.05, 4.69) is 4.74 Å². The molecule has 0 aliphatic heterocycles. The van der Waals surface area contributed by atoms with Gasteiger partial charge in [-0.25, -0.2) is 9.18 Å². The number of carbonyl (C=O) groups is 1. The largest absolute Gasteiger partial charge is 0.465 e. The Morgan fingerprint density at radius 2 is 2.23 bits per heavy atom. The summed E-state index contributed by atoms with van der Waals surface area (Å²) < 4.78 is 41.8. The quantitative estimate of drug-likeness (QED) is 0.594. The highest BCUT2D eigenvalue weighted by Gasteiger charge is 2.37. The van der Waals surface area contributed by atoms with Crippen LogP contribution in [0.4, 0.5) is 13.2 Å². The SMILES string of the molecule is COC(=O)C1=CCC(F)(F)C(F)=C1. The first-order valence-corrected chi connectivity index (χ1v) is 3.51. The molecule has 0 aromatic carbocycles. The second kappa shape index (κ2) is 3.24. The summed E-state index contributed by atoms with van der Waals surface area (Å²) in [5, 5.41) is 0. The molecule has 0 spiro atoms. The molecule has 0 amide bonds. The first kappa shape index (κ1) is 9.83. The molecule has 1 aliphatic carbocycles. The number of hydrogen-bond acceptors (Lipinski definition) is 2. The highest BCUT2D eigenvalue weighted by atomic mass is 19.3. The lowest BCUT2D eigenvalue weighted by Crippen LogP contribution is -2.20. The second-order valence-corrected chi connectivity index (χ2v) is 2.55. The number of allylic oxidation sites excluding steroid dienone is 2. The Morgan fingerprint density at radius 3 is 2.69 bits per heavy atom. The average Bonchev–Trinajstić information content (AvgIpc) is 2.08. The van der Waals surface area contributed by atoms with E-state index in [4.69, 9.17) is 0 Å². The van der Waals surface area contributed by atoms with Gasteiger partial charge in [0, 0.05) is 6.42 Å². The van der Waals surface area contributed by atoms with Crippen molar-refractivity contribution in [1.82, 2.24) is 0 Å². The summed E-state index contributed by atoms with van der Waals surface area (Å²) in [6.45, 7) is 0. The summed E-state index contributed by atoms with van der Waals surface area (Å²) in [5.74, 6) is -5.90. The molecule has 0 saturated heterocycles. The van der Waals surface area contributed by atoms with Crippen LogP contribution in [0.1, 0.15) is 6.42 Å². The van der Waals surface area contributed by atoms with Crippen molar-refractivity contribution in [2.45, 2.75) is 12.3 Å². The van der Waals surface area contributed by atoms with Gasteiger partial charge in [0.15, 0.2) is 5.83 Å². The molecular weight excluding hydrogens is 185 g/mol. The zero-order valence-electron chi connectivity index (χ0n) is 6.81. The molecule has 0 saturated carbocycles. The van der Waals surface area contributed by atoms with Crippen LogP contribution in [-0.4, -0.2) is 19.0 Å². The summed E-state index contributed by atoms with van der Waals surface area (Å²) >= 11 is 0. The molecule has 0 radical (unpaired) electrons. The minimum absolute atomic E-state index is 0.175. The zero-order valence-corrected chi connectivity index (χ0v) is 6.81. The predicted molar refractivity (Wildman–Crippen MR) is 38.9 cm³/mol. The summed E-state index contributed by atoms with van der Waals surface area (Å²) in [7, 11) is 1.10. The Balaban J connectivity index is 2.88. The van der Waals surface area contributed by atoms with Gasteiger partial charge in [0.05, 0.1) is 12.7 Å². The first-order chi connectivity index (χ1) is 5.97. The van der Waals surface area contributed by atoms with E-state index in [1.54, 1.807) is 0 Å². The molecule has 72 valence electrons. The third-order valence-electron chi connectivity index (χ3n) is 1.63. The van der Waals surface area contributed by atoms with Gasteiger partial charge in [-0.05, 0) is 6.08 Å². The van der Waals surface area contributed by atoms with Crippen LogP contribution >= 0.6 is 0 Å². The molecule has 0 aromatic rings. The third-order valence-corrected chi connectivity index (χ3v) is 1.63. The minimum Gasteiger partial charge on any atom is -0.465 e. The lowest BCUT2D eigenvalue weighted by Gasteiger charge is -2.16. The van der Waals surface area contributed by atoms with E-state index in [-0.39, 0.29) is 5.57 Å². The van der Waals surface area contributed by atoms with Crippen LogP contribution in [0.25, 0.3) is 0 Å². The van der Waals surface area contributed by atoms with Crippen LogP contribution in [0.2, 0.25) is 0 Å². The van der Waals surface area contributed by atoms with E-state index >= 15 is 0 Å². The van der Waals surface area contributed by atoms with Crippen molar-refractivity contribution < 1.29 is 22.7 Å². The summed E-state index contributed by atoms with van der Waals surface area (Å²) in [6, 6.07) is 0. The number of hydrogen-bond donors (Lipinski definition) is 0. The Labute approximate surface area is 72.7 Å². The van der Waals surface area contributed by atoms with Gasteiger partial charge in [0.25, 0.3) is 0 Å². The van der Waals surface area contributed by atoms with Gasteiger partial charge >= 0.3 is 11.9 Å². The molecule has 0 aromatic heterocycles. The summed E-state index contributed by atoms with van der Waals surface area (Å²) in [5.41, 5.74) is -0.175. The number of ether oxygens (including phenoxy) is 1. The van der Waals surface area contributed by atoms with E-state index in [0.717, 1.165) is 13.2 Å². The van der Waals surface area contributed by atoms with E-state index in [1.807, 2.05) is 0 Å². The van der Waals surface area contributed by atoms with Crippen LogP contribution in [0.15, 0.2) is 23.6 Å². The van der Waals surface area contributed by atoms with Crippen molar-refractivity contribution in [3.63, 3.8) is 0 Å². The standard InChI is InChI=1S/C8H7F3O2/c1-13-7(12)5-2-3-8(10,11)6(9)4-5/h2,4H,3H2,1H3. The summed E-state index contributed by atoms with van der Waals surface area (Å²) in [4.78, 5) is 10.8. The van der Waals surface area contributed by atoms with E-state index in [1.165, 1.54) is 0 Å². The third kappa shape index (κ3) is 1.91. The maximum atomic E-state index is 12.6. The minimum atomic E-state index is -3.49. The number of esters is 1. The van der Waals surface area contributed by atoms with Gasteiger partial charge in [0.1, 0.15) is 0 Å². The fourth-order valence-corrected chi connectivity index (χ4v) is 0.897. The van der Waals surface area contributed by atoms with Crippen molar-refractivity contribution in [3.8, 4) is 0 Å². The normalized spacial score (nSPS) is 20.3. The molecule has 2 nitrogen and oxygen atoms in total. The van der Waals surface area contributed by atoms with Crippen molar-refractivity contribution in [2.24, 2.45) is 0 Å². The number of methoxy groups -OCH3 is 1. The van der Waals surface area contributed by atoms with Crippen molar-refractivity contribution >= 4 is 5.97 Å². The van der Waals surface area contributed by atoms with Crippen LogP contribution < -0.4 is 0 Å². The molecule has 0 bridgehead atoms. The Hall–Kier alpha value is -1.26. The fourth-order valence-electron chi connectivity index (χ4n) is 0.897. The molecular formula is C8H7F3O2. The van der Waals surface area contributed by atoms with Gasteiger partial charge in [-0.15, -0.1) is 0 Å². The smallest absolute Gasteiger partial charge is 0.337 e. The summed E-state index contributed by atoms with van der Waals surface area (Å²) in [6.07, 6.45) is 0.643. The predicted octanol–water partition coefficient (Wildman–Crippen LogP) is 1.98. The average molecular weight is 192 g/mol. The zero-order chi connectivity index (χ0) is 10.1. The van der Waals surface area contributed by atoms with Gasteiger partial charge < -0.3 is 4.74 Å². The van der Waals surface area contributed by atoms with Crippen LogP contribution in [0, 0.1) is 0 Å². The molecule has 0 fully saturated rings. The molecule has 0 N–H and O–H groups in total. The monoisotopic (exact) mass is 192 g/mol. The van der Waals surface area contributed by atoms with E-state index in [0.29, 0.717) is 6.08 Å². The second-order valence-electron chi connectivity index (χ2n) is 2.55. The Morgan fingerprint density at radius 1 is 1.62 bits per heavy atom. The van der Waals surface area contributed by atoms with Crippen molar-refractivity contribution in [3.05, 3.63) is 23.6 Å². The number of alkyl halides is 2. The molecule has 1 aliphatic rings. The topological polar surface area (TPSA) is 26.3 Å². The van der Waals surface area contributed by atoms with E-state index < -0.39 is 24.1 Å². The molecule has 13 heavy (non-hydrogen) atoms. The van der Waals surface area contributed by atoms with Crippen LogP contribution in [-0.2, 0) is 9.53 Å². The number of halogens is 3. The van der Waals surface area contributed by atoms with Crippen LogP contribution in [0.5, 0.6) is 0 Å². The molecule has 5 heteroatoms. The highest BCUT2D eigenvalue weighted by molar-refractivity contribution is 5.91. The fraction of sp³-hybridized carbons (Fsp3) is 0.375. The first-order valence-electron chi connectivity index (χ1n) is 3.51. The van der Waals surface area contributed by atoms with Crippen LogP contribution in [0.3, 0.4) is 0 Å². The molecule has 1 rings (SSSR count). The lowest BCUT2D eigenvalue weighted by atomic mass is 10.0. The van der Waals surface area contributed by atoms with Gasteiger partial charge in [-0.1, -0.05) is 6.08 Å². The van der Waals surface area contributed by atoms with Crippen molar-refractivity contribution in [1.29, 1.82) is 0 Å². The Kier molecular flexibility index (Phi) is 2.45. The lowest BCUT2D eigenvalue weighted by molar-refractivity contribution is -0.135. The molecule has 0 atom stereocenters. The maximum Gasteiger partial charge on any atom is 0.337 e. The van der Waals surface area contributed by atoms with Gasteiger partial charge in [-0.2, -0.15) is 8.78 Å². The Bertz CT molecular complexity index is 292. The number of rotatable bonds is 1. The van der Waals surface area contributed by atoms with Crippen molar-refractivity contribution in [2.75, 3.05) is 7.11 Å². The molecule has 0 heterocycles. The van der Waals surface area contributed by atoms with Gasteiger partial charge in [0.2, 0.25) is 0 Å². The van der Waals surface area contributed by atoms with Gasteiger partial charge in [-0.3, -0.25) is 0 Å². The number of carbonyl (C=O) groups excluding carboxylic acids is 1. The molecule has 0 unspecified atom stereocenters. The highest BCUT2D eigenvalue weighted by Crippen LogP contribution is 2.34. The van der Waals surface area contributed by atoms with E-state index in [9.17, 15) is 18.0 Å².